The summed E-state index contributed by atoms with van der Waals surface area (Å²) in [5, 5.41) is 7.63. The van der Waals surface area contributed by atoms with Crippen molar-refractivity contribution < 1.29 is 9.53 Å². The minimum atomic E-state index is -0.0994. The van der Waals surface area contributed by atoms with Crippen molar-refractivity contribution in [1.82, 2.24) is 19.2 Å². The molecule has 1 atom stereocenters. The number of benzene rings is 1. The minimum absolute atomic E-state index is 0.0548. The van der Waals surface area contributed by atoms with E-state index in [9.17, 15) is 9.59 Å². The van der Waals surface area contributed by atoms with Crippen LogP contribution in [0, 0.1) is 6.92 Å². The Morgan fingerprint density at radius 2 is 2.00 bits per heavy atom. The maximum Gasteiger partial charge on any atom is 0.346 e. The zero-order valence-electron chi connectivity index (χ0n) is 17.1. The van der Waals surface area contributed by atoms with E-state index in [4.69, 9.17) is 4.74 Å². The third kappa shape index (κ3) is 4.37. The Morgan fingerprint density at radius 1 is 1.24 bits per heavy atom. The maximum atomic E-state index is 12.8. The van der Waals surface area contributed by atoms with Crippen LogP contribution in [0.5, 0.6) is 0 Å². The summed E-state index contributed by atoms with van der Waals surface area (Å²) in [6.07, 6.45) is 3.87. The molecule has 8 nitrogen and oxygen atoms in total. The third-order valence-electron chi connectivity index (χ3n) is 5.69. The molecule has 4 rings (SSSR count). The van der Waals surface area contributed by atoms with Crippen molar-refractivity contribution in [2.45, 2.75) is 51.1 Å². The lowest BCUT2D eigenvalue weighted by molar-refractivity contribution is 0.181. The number of methoxy groups -OCH3 is 1. The summed E-state index contributed by atoms with van der Waals surface area (Å²) in [5.74, 6) is 0.894. The molecule has 2 heterocycles. The highest BCUT2D eigenvalue weighted by molar-refractivity contribution is 5.89. The molecule has 156 valence electrons. The molecule has 1 unspecified atom stereocenters. The fraction of sp³-hybridized carbons (Fsp3) is 0.571. The topological polar surface area (TPSA) is 81.4 Å². The first kappa shape index (κ1) is 19.7. The Morgan fingerprint density at radius 3 is 2.69 bits per heavy atom. The molecule has 0 bridgehead atoms. The maximum absolute atomic E-state index is 12.8. The average molecular weight is 399 g/mol. The number of amides is 2. The van der Waals surface area contributed by atoms with Crippen LogP contribution in [0.3, 0.4) is 0 Å². The molecular weight excluding hydrogens is 370 g/mol. The van der Waals surface area contributed by atoms with Crippen LogP contribution in [-0.2, 0) is 11.3 Å². The molecule has 1 saturated carbocycles. The first-order chi connectivity index (χ1) is 14.1. The quantitative estimate of drug-likeness (QED) is 0.810. The van der Waals surface area contributed by atoms with Crippen molar-refractivity contribution in [3.63, 3.8) is 0 Å². The van der Waals surface area contributed by atoms with E-state index in [0.717, 1.165) is 42.8 Å². The second-order valence-electron chi connectivity index (χ2n) is 8.04. The van der Waals surface area contributed by atoms with Crippen molar-refractivity contribution in [3.05, 3.63) is 46.1 Å². The van der Waals surface area contributed by atoms with Gasteiger partial charge in [0.15, 0.2) is 0 Å². The number of piperidine rings is 1. The van der Waals surface area contributed by atoms with Crippen LogP contribution in [0.2, 0.25) is 0 Å². The van der Waals surface area contributed by atoms with E-state index in [1.807, 2.05) is 40.7 Å². The van der Waals surface area contributed by atoms with Gasteiger partial charge in [0.25, 0.3) is 0 Å². The van der Waals surface area contributed by atoms with Crippen molar-refractivity contribution in [2.24, 2.45) is 0 Å². The van der Waals surface area contributed by atoms with Crippen LogP contribution in [0.1, 0.15) is 49.0 Å². The number of aryl methyl sites for hydroxylation is 1. The third-order valence-corrected chi connectivity index (χ3v) is 5.69. The zero-order chi connectivity index (χ0) is 20.4. The fourth-order valence-electron chi connectivity index (χ4n) is 3.93. The second kappa shape index (κ2) is 8.41. The number of rotatable bonds is 6. The number of urea groups is 1. The summed E-state index contributed by atoms with van der Waals surface area (Å²) in [6, 6.07) is 7.95. The number of ether oxygens (including phenoxy) is 1. The Balaban J connectivity index is 1.50. The number of carbonyl (C=O) groups excluding carboxylic acids is 1. The minimum Gasteiger partial charge on any atom is -0.383 e. The molecule has 1 aliphatic carbocycles. The summed E-state index contributed by atoms with van der Waals surface area (Å²) in [7, 11) is 1.62. The van der Waals surface area contributed by atoms with Crippen LogP contribution >= 0.6 is 0 Å². The van der Waals surface area contributed by atoms with E-state index < -0.39 is 0 Å². The molecule has 8 heteroatoms. The molecular formula is C21H29N5O3. The number of likely N-dealkylation sites (tertiary alicyclic amines) is 1. The second-order valence-corrected chi connectivity index (χ2v) is 8.04. The molecule has 1 aromatic heterocycles. The predicted molar refractivity (Wildman–Crippen MR) is 110 cm³/mol. The van der Waals surface area contributed by atoms with Crippen LogP contribution in [0.4, 0.5) is 10.5 Å². The first-order valence-corrected chi connectivity index (χ1v) is 10.4. The van der Waals surface area contributed by atoms with Gasteiger partial charge in [-0.3, -0.25) is 4.57 Å². The summed E-state index contributed by atoms with van der Waals surface area (Å²) < 4.78 is 8.49. The van der Waals surface area contributed by atoms with E-state index in [-0.39, 0.29) is 23.7 Å². The van der Waals surface area contributed by atoms with Gasteiger partial charge in [0.2, 0.25) is 0 Å². The van der Waals surface area contributed by atoms with E-state index in [2.05, 4.69) is 10.4 Å². The number of carbonyl (C=O) groups is 1. The molecule has 0 spiro atoms. The molecule has 0 radical (unpaired) electrons. The zero-order valence-corrected chi connectivity index (χ0v) is 17.1. The lowest BCUT2D eigenvalue weighted by atomic mass is 9.97. The Kier molecular flexibility index (Phi) is 5.71. The number of aromatic nitrogens is 3. The molecule has 1 saturated heterocycles. The van der Waals surface area contributed by atoms with Gasteiger partial charge in [-0.05, 0) is 44.7 Å². The van der Waals surface area contributed by atoms with Gasteiger partial charge in [-0.1, -0.05) is 17.7 Å². The molecule has 1 aromatic carbocycles. The predicted octanol–water partition coefficient (Wildman–Crippen LogP) is 2.75. The van der Waals surface area contributed by atoms with E-state index in [0.29, 0.717) is 26.2 Å². The van der Waals surface area contributed by atoms with Gasteiger partial charge in [-0.25, -0.2) is 14.3 Å². The summed E-state index contributed by atoms with van der Waals surface area (Å²) >= 11 is 0. The molecule has 2 aromatic rings. The first-order valence-electron chi connectivity index (χ1n) is 10.4. The lowest BCUT2D eigenvalue weighted by Gasteiger charge is -2.32. The smallest absolute Gasteiger partial charge is 0.346 e. The van der Waals surface area contributed by atoms with Crippen molar-refractivity contribution in [1.29, 1.82) is 0 Å². The molecule has 1 aliphatic heterocycles. The van der Waals surface area contributed by atoms with Gasteiger partial charge < -0.3 is 15.0 Å². The largest absolute Gasteiger partial charge is 0.383 e. The van der Waals surface area contributed by atoms with Gasteiger partial charge in [0.05, 0.1) is 13.2 Å². The highest BCUT2D eigenvalue weighted by atomic mass is 16.5. The standard InChI is InChI=1S/C21H29N5O3/c1-15-5-7-17(8-6-15)22-20(27)24-11-3-4-16(14-24)19-23-25(12-13-29-2)21(28)26(19)18-9-10-18/h5-8,16,18H,3-4,9-14H2,1-2H3,(H,22,27). The number of nitrogens with zero attached hydrogens (tertiary/aromatic N) is 4. The van der Waals surface area contributed by atoms with Gasteiger partial charge in [-0.2, -0.15) is 5.10 Å². The molecule has 1 N–H and O–H groups in total. The number of anilines is 1. The SMILES string of the molecule is COCCn1nc(C2CCCN(C(=O)Nc3ccc(C)cc3)C2)n(C2CC2)c1=O. The Labute approximate surface area is 170 Å². The van der Waals surface area contributed by atoms with Crippen LogP contribution < -0.4 is 11.0 Å². The molecule has 2 aliphatic rings. The molecule has 2 fully saturated rings. The fourth-order valence-corrected chi connectivity index (χ4v) is 3.93. The molecule has 2 amide bonds. The summed E-state index contributed by atoms with van der Waals surface area (Å²) in [6.45, 7) is 4.21. The van der Waals surface area contributed by atoms with Gasteiger partial charge in [0, 0.05) is 37.8 Å². The van der Waals surface area contributed by atoms with Gasteiger partial charge >= 0.3 is 11.7 Å². The molecule has 29 heavy (non-hydrogen) atoms. The van der Waals surface area contributed by atoms with Crippen LogP contribution in [0.25, 0.3) is 0 Å². The van der Waals surface area contributed by atoms with E-state index >= 15 is 0 Å². The van der Waals surface area contributed by atoms with Crippen molar-refractivity contribution in [3.8, 4) is 0 Å². The van der Waals surface area contributed by atoms with Crippen molar-refractivity contribution in [2.75, 3.05) is 32.1 Å². The lowest BCUT2D eigenvalue weighted by Crippen LogP contribution is -2.42. The van der Waals surface area contributed by atoms with Gasteiger partial charge in [0.1, 0.15) is 5.82 Å². The highest BCUT2D eigenvalue weighted by Crippen LogP contribution is 2.37. The number of nitrogens with one attached hydrogen (secondary N) is 1. The summed E-state index contributed by atoms with van der Waals surface area (Å²) in [4.78, 5) is 27.4. The number of hydrogen-bond acceptors (Lipinski definition) is 4. The normalized spacial score (nSPS) is 19.4. The average Bonchev–Trinajstić information content (AvgIpc) is 3.51. The highest BCUT2D eigenvalue weighted by Gasteiger charge is 2.35. The monoisotopic (exact) mass is 399 g/mol. The Hall–Kier alpha value is -2.61. The summed E-state index contributed by atoms with van der Waals surface area (Å²) in [5.41, 5.74) is 1.89. The number of hydrogen-bond donors (Lipinski definition) is 1. The van der Waals surface area contributed by atoms with Crippen LogP contribution in [-0.4, -0.2) is 52.1 Å². The van der Waals surface area contributed by atoms with Crippen LogP contribution in [0.15, 0.2) is 29.1 Å². The Bertz CT molecular complexity index is 913. The van der Waals surface area contributed by atoms with Gasteiger partial charge in [-0.15, -0.1) is 0 Å². The van der Waals surface area contributed by atoms with Crippen molar-refractivity contribution >= 4 is 11.7 Å². The van der Waals surface area contributed by atoms with E-state index in [1.165, 1.54) is 4.68 Å². The van der Waals surface area contributed by atoms with E-state index in [1.54, 1.807) is 7.11 Å².